The van der Waals surface area contributed by atoms with Crippen molar-refractivity contribution in [1.82, 2.24) is 20.3 Å². The van der Waals surface area contributed by atoms with E-state index in [1.165, 1.54) is 12.6 Å². The summed E-state index contributed by atoms with van der Waals surface area (Å²) in [6, 6.07) is 16.0. The van der Waals surface area contributed by atoms with Gasteiger partial charge in [0, 0.05) is 79.7 Å². The van der Waals surface area contributed by atoms with Crippen molar-refractivity contribution in [2.75, 3.05) is 41.7 Å². The predicted molar refractivity (Wildman–Crippen MR) is 132 cm³/mol. The van der Waals surface area contributed by atoms with Crippen molar-refractivity contribution in [3.8, 4) is 11.1 Å². The second kappa shape index (κ2) is 9.22. The minimum atomic E-state index is -0.111. The number of hydrogen-bond donors (Lipinski definition) is 3. The topological polar surface area (TPSA) is 95.1 Å². The highest BCUT2D eigenvalue weighted by Gasteiger charge is 2.12. The van der Waals surface area contributed by atoms with Crippen molar-refractivity contribution in [1.29, 1.82) is 0 Å². The van der Waals surface area contributed by atoms with Gasteiger partial charge >= 0.3 is 0 Å². The van der Waals surface area contributed by atoms with E-state index < -0.39 is 0 Å². The van der Waals surface area contributed by atoms with Crippen LogP contribution in [-0.4, -0.2) is 47.0 Å². The van der Waals surface area contributed by atoms with Gasteiger partial charge in [0.1, 0.15) is 0 Å². The van der Waals surface area contributed by atoms with Gasteiger partial charge in [-0.15, -0.1) is 0 Å². The molecule has 0 saturated carbocycles. The van der Waals surface area contributed by atoms with Gasteiger partial charge in [0.25, 0.3) is 0 Å². The maximum atomic E-state index is 11.4. The van der Waals surface area contributed by atoms with Crippen molar-refractivity contribution in [3.05, 3.63) is 67.1 Å². The lowest BCUT2D eigenvalue weighted by molar-refractivity contribution is -0.114. The third-order valence-electron chi connectivity index (χ3n) is 5.59. The molecule has 166 valence electrons. The Labute approximate surface area is 192 Å². The quantitative estimate of drug-likeness (QED) is 0.435. The van der Waals surface area contributed by atoms with E-state index in [-0.39, 0.29) is 5.91 Å². The molecule has 8 heteroatoms. The van der Waals surface area contributed by atoms with Crippen LogP contribution in [0.3, 0.4) is 0 Å². The number of rotatable bonds is 5. The van der Waals surface area contributed by atoms with Crippen molar-refractivity contribution in [2.24, 2.45) is 0 Å². The van der Waals surface area contributed by atoms with E-state index in [9.17, 15) is 4.79 Å². The van der Waals surface area contributed by atoms with Crippen LogP contribution in [0.2, 0.25) is 0 Å². The van der Waals surface area contributed by atoms with E-state index >= 15 is 0 Å². The fourth-order valence-corrected chi connectivity index (χ4v) is 4.00. The van der Waals surface area contributed by atoms with Crippen LogP contribution in [0.25, 0.3) is 22.0 Å². The molecule has 5 rings (SSSR count). The Balaban J connectivity index is 1.42. The first-order valence-electron chi connectivity index (χ1n) is 11.0. The lowest BCUT2D eigenvalue weighted by Gasteiger charge is -2.29. The third kappa shape index (κ3) is 4.75. The van der Waals surface area contributed by atoms with Gasteiger partial charge in [-0.05, 0) is 42.0 Å². The molecule has 3 N–H and O–H groups in total. The fraction of sp³-hybridized carbons (Fsp3) is 0.200. The number of anilines is 4. The standard InChI is InChI=1S/C25H25N7O/c1-17(33)29-21-4-2-3-18(13-21)23-16-27-14-19-15-28-25(31-24(19)23)30-20-5-7-22(8-6-20)32-11-9-26-10-12-32/h2-8,13-16,26H,9-12H2,1H3,(H,29,33)(H,28,30,31). The van der Waals surface area contributed by atoms with Crippen LogP contribution >= 0.6 is 0 Å². The van der Waals surface area contributed by atoms with Gasteiger partial charge < -0.3 is 20.9 Å². The molecule has 0 aliphatic carbocycles. The number of hydrogen-bond acceptors (Lipinski definition) is 7. The SMILES string of the molecule is CC(=O)Nc1cccc(-c2cncc3cnc(Nc4ccc(N5CCNCC5)cc4)nc23)c1. The lowest BCUT2D eigenvalue weighted by atomic mass is 10.0. The van der Waals surface area contributed by atoms with Crippen molar-refractivity contribution in [2.45, 2.75) is 6.92 Å². The van der Waals surface area contributed by atoms with Gasteiger partial charge in [-0.2, -0.15) is 0 Å². The number of fused-ring (bicyclic) bond motifs is 1. The number of nitrogens with one attached hydrogen (secondary N) is 3. The fourth-order valence-electron chi connectivity index (χ4n) is 4.00. The molecule has 1 aliphatic heterocycles. The average Bonchev–Trinajstić information content (AvgIpc) is 2.84. The predicted octanol–water partition coefficient (Wildman–Crippen LogP) is 3.80. The summed E-state index contributed by atoms with van der Waals surface area (Å²) in [4.78, 5) is 27.4. The number of piperazine rings is 1. The molecule has 3 heterocycles. The van der Waals surface area contributed by atoms with Gasteiger partial charge in [-0.3, -0.25) is 9.78 Å². The molecule has 2 aromatic carbocycles. The Kier molecular flexibility index (Phi) is 5.82. The van der Waals surface area contributed by atoms with Crippen LogP contribution in [0, 0.1) is 0 Å². The zero-order chi connectivity index (χ0) is 22.6. The number of benzene rings is 2. The Morgan fingerprint density at radius 2 is 1.82 bits per heavy atom. The molecule has 1 amide bonds. The highest BCUT2D eigenvalue weighted by atomic mass is 16.1. The van der Waals surface area contributed by atoms with Gasteiger partial charge in [0.2, 0.25) is 11.9 Å². The van der Waals surface area contributed by atoms with E-state index in [1.807, 2.05) is 24.3 Å². The molecule has 0 unspecified atom stereocenters. The molecule has 0 atom stereocenters. The summed E-state index contributed by atoms with van der Waals surface area (Å²) in [5.74, 6) is 0.405. The first-order valence-corrected chi connectivity index (χ1v) is 11.0. The number of pyridine rings is 1. The van der Waals surface area contributed by atoms with Gasteiger partial charge in [0.15, 0.2) is 0 Å². The lowest BCUT2D eigenvalue weighted by Crippen LogP contribution is -2.43. The molecule has 33 heavy (non-hydrogen) atoms. The van der Waals surface area contributed by atoms with Crippen LogP contribution in [0.4, 0.5) is 23.0 Å². The molecule has 1 saturated heterocycles. The first-order chi connectivity index (χ1) is 16.2. The smallest absolute Gasteiger partial charge is 0.227 e. The van der Waals surface area contributed by atoms with Crippen molar-refractivity contribution >= 4 is 39.8 Å². The van der Waals surface area contributed by atoms with Crippen molar-refractivity contribution in [3.63, 3.8) is 0 Å². The maximum Gasteiger partial charge on any atom is 0.227 e. The molecule has 4 aromatic rings. The molecule has 0 spiro atoms. The van der Waals surface area contributed by atoms with E-state index in [4.69, 9.17) is 4.98 Å². The summed E-state index contributed by atoms with van der Waals surface area (Å²) >= 11 is 0. The van der Waals surface area contributed by atoms with Gasteiger partial charge in [0.05, 0.1) is 5.52 Å². The largest absolute Gasteiger partial charge is 0.369 e. The molecule has 0 bridgehead atoms. The number of nitrogens with zero attached hydrogens (tertiary/aromatic N) is 4. The Morgan fingerprint density at radius 1 is 1.00 bits per heavy atom. The number of amides is 1. The molecule has 8 nitrogen and oxygen atoms in total. The molecule has 1 aliphatic rings. The number of aromatic nitrogens is 3. The molecular weight excluding hydrogens is 414 g/mol. The normalized spacial score (nSPS) is 13.7. The minimum absolute atomic E-state index is 0.111. The monoisotopic (exact) mass is 439 g/mol. The Morgan fingerprint density at radius 3 is 2.61 bits per heavy atom. The highest BCUT2D eigenvalue weighted by molar-refractivity contribution is 5.95. The molecule has 2 aromatic heterocycles. The van der Waals surface area contributed by atoms with Gasteiger partial charge in [-0.25, -0.2) is 9.97 Å². The summed E-state index contributed by atoms with van der Waals surface area (Å²) in [5.41, 5.74) is 5.46. The van der Waals surface area contributed by atoms with Crippen LogP contribution < -0.4 is 20.9 Å². The summed E-state index contributed by atoms with van der Waals surface area (Å²) in [6.07, 6.45) is 5.31. The number of carbonyl (C=O) groups excluding carboxylic acids is 1. The molecular formula is C25H25N7O. The number of carbonyl (C=O) groups is 1. The molecule has 0 radical (unpaired) electrons. The summed E-state index contributed by atoms with van der Waals surface area (Å²) in [6.45, 7) is 5.54. The summed E-state index contributed by atoms with van der Waals surface area (Å²) in [5, 5.41) is 10.4. The highest BCUT2D eigenvalue weighted by Crippen LogP contribution is 2.29. The molecule has 1 fully saturated rings. The third-order valence-corrected chi connectivity index (χ3v) is 5.59. The second-order valence-electron chi connectivity index (χ2n) is 7.99. The summed E-state index contributed by atoms with van der Waals surface area (Å²) in [7, 11) is 0. The minimum Gasteiger partial charge on any atom is -0.369 e. The second-order valence-corrected chi connectivity index (χ2v) is 7.99. The van der Waals surface area contributed by atoms with Crippen molar-refractivity contribution < 1.29 is 4.79 Å². The van der Waals surface area contributed by atoms with Crippen LogP contribution in [0.15, 0.2) is 67.1 Å². The Bertz CT molecular complexity index is 1280. The van der Waals surface area contributed by atoms with Crippen LogP contribution in [0.1, 0.15) is 6.92 Å². The van der Waals surface area contributed by atoms with Gasteiger partial charge in [-0.1, -0.05) is 12.1 Å². The summed E-state index contributed by atoms with van der Waals surface area (Å²) < 4.78 is 0. The first kappa shape index (κ1) is 20.8. The van der Waals surface area contributed by atoms with Crippen LogP contribution in [0.5, 0.6) is 0 Å². The van der Waals surface area contributed by atoms with E-state index in [0.717, 1.165) is 59.6 Å². The maximum absolute atomic E-state index is 11.4. The average molecular weight is 440 g/mol. The zero-order valence-electron chi connectivity index (χ0n) is 18.4. The zero-order valence-corrected chi connectivity index (χ0v) is 18.4. The van der Waals surface area contributed by atoms with E-state index in [2.05, 4.69) is 55.1 Å². The van der Waals surface area contributed by atoms with E-state index in [0.29, 0.717) is 5.95 Å². The van der Waals surface area contributed by atoms with E-state index in [1.54, 1.807) is 18.6 Å². The Hall–Kier alpha value is -4.04. The van der Waals surface area contributed by atoms with Crippen LogP contribution in [-0.2, 0) is 4.79 Å².